The number of unbranched alkanes of at least 4 members (excludes halogenated alkanes) is 2. The van der Waals surface area contributed by atoms with Crippen LogP contribution in [0.2, 0.25) is 0 Å². The normalized spacial score (nSPS) is 12.1. The third-order valence-corrected chi connectivity index (χ3v) is 6.40. The van der Waals surface area contributed by atoms with Gasteiger partial charge in [-0.05, 0) is 60.7 Å². The van der Waals surface area contributed by atoms with Crippen molar-refractivity contribution in [1.82, 2.24) is 14.6 Å². The molecule has 3 aromatic heterocycles. The van der Waals surface area contributed by atoms with Crippen LogP contribution in [0.3, 0.4) is 0 Å². The van der Waals surface area contributed by atoms with E-state index < -0.39 is 0 Å². The van der Waals surface area contributed by atoms with Crippen molar-refractivity contribution < 1.29 is 4.74 Å². The smallest absolute Gasteiger partial charge is 0.291 e. The van der Waals surface area contributed by atoms with Crippen LogP contribution >= 0.6 is 22.7 Å². The van der Waals surface area contributed by atoms with Crippen LogP contribution in [0.4, 0.5) is 0 Å². The van der Waals surface area contributed by atoms with Crippen molar-refractivity contribution >= 4 is 33.7 Å². The van der Waals surface area contributed by atoms with Crippen LogP contribution in [0.25, 0.3) is 22.4 Å². The number of rotatable bonds is 7. The number of aromatic nitrogens is 3. The molecule has 144 valence electrons. The van der Waals surface area contributed by atoms with Gasteiger partial charge >= 0.3 is 0 Å². The fourth-order valence-electron chi connectivity index (χ4n) is 2.85. The number of benzene rings is 1. The highest BCUT2D eigenvalue weighted by molar-refractivity contribution is 7.15. The third-order valence-electron chi connectivity index (χ3n) is 4.47. The minimum atomic E-state index is -0.123. The fraction of sp³-hybridized carbons (Fsp3) is 0.286. The summed E-state index contributed by atoms with van der Waals surface area (Å²) in [5.41, 5.74) is 1.92. The van der Waals surface area contributed by atoms with Crippen molar-refractivity contribution in [3.05, 3.63) is 61.0 Å². The molecule has 0 amide bonds. The summed E-state index contributed by atoms with van der Waals surface area (Å²) in [4.78, 5) is 18.9. The highest BCUT2D eigenvalue weighted by Gasteiger charge is 2.12. The molecule has 0 unspecified atom stereocenters. The molecule has 0 N–H and O–H groups in total. The molecule has 0 saturated carbocycles. The van der Waals surface area contributed by atoms with E-state index in [0.29, 0.717) is 15.3 Å². The number of thiophene rings is 1. The average molecular weight is 412 g/mol. The van der Waals surface area contributed by atoms with E-state index in [2.05, 4.69) is 17.0 Å². The summed E-state index contributed by atoms with van der Waals surface area (Å²) in [6.07, 6.45) is 5.34. The van der Waals surface area contributed by atoms with E-state index in [-0.39, 0.29) is 5.56 Å². The lowest BCUT2D eigenvalue weighted by Crippen LogP contribution is -2.23. The molecule has 5 nitrogen and oxygen atoms in total. The van der Waals surface area contributed by atoms with E-state index in [4.69, 9.17) is 4.74 Å². The molecule has 4 rings (SSSR count). The maximum atomic E-state index is 12.7. The van der Waals surface area contributed by atoms with Crippen LogP contribution in [0.5, 0.6) is 5.75 Å². The standard InChI is InChI=1S/C21H21N3O2S2/c1-3-4-5-11-26-16-8-6-15(7-9-16)19-22-21-24(23-19)20(25)18(28-21)13-17-14(2)10-12-27-17/h6-10,12-13H,3-5,11H2,1-2H3/b18-13-. The van der Waals surface area contributed by atoms with Gasteiger partial charge in [0.05, 0.1) is 11.1 Å². The fourth-order valence-corrected chi connectivity index (χ4v) is 4.67. The van der Waals surface area contributed by atoms with Crippen molar-refractivity contribution in [2.45, 2.75) is 33.1 Å². The van der Waals surface area contributed by atoms with Crippen LogP contribution in [0, 0.1) is 6.92 Å². The number of thiazole rings is 1. The molecule has 0 aliphatic carbocycles. The van der Waals surface area contributed by atoms with Crippen LogP contribution in [0.15, 0.2) is 40.5 Å². The Morgan fingerprint density at radius 3 is 2.68 bits per heavy atom. The van der Waals surface area contributed by atoms with Crippen molar-refractivity contribution in [2.24, 2.45) is 0 Å². The molecule has 0 saturated heterocycles. The van der Waals surface area contributed by atoms with Crippen molar-refractivity contribution in [3.8, 4) is 17.1 Å². The minimum absolute atomic E-state index is 0.123. The summed E-state index contributed by atoms with van der Waals surface area (Å²) < 4.78 is 7.79. The number of fused-ring (bicyclic) bond motifs is 1. The molecule has 7 heteroatoms. The Balaban J connectivity index is 1.56. The highest BCUT2D eigenvalue weighted by Crippen LogP contribution is 2.21. The topological polar surface area (TPSA) is 56.5 Å². The number of nitrogens with zero attached hydrogens (tertiary/aromatic N) is 3. The monoisotopic (exact) mass is 411 g/mol. The van der Waals surface area contributed by atoms with Crippen molar-refractivity contribution in [1.29, 1.82) is 0 Å². The van der Waals surface area contributed by atoms with Crippen LogP contribution in [0.1, 0.15) is 36.6 Å². The molecule has 0 fully saturated rings. The Labute approximate surface area is 170 Å². The zero-order chi connectivity index (χ0) is 19.5. The van der Waals surface area contributed by atoms with Crippen LogP contribution in [-0.4, -0.2) is 21.2 Å². The molecular weight excluding hydrogens is 390 g/mol. The van der Waals surface area contributed by atoms with E-state index in [1.807, 2.05) is 48.7 Å². The second kappa shape index (κ2) is 8.24. The van der Waals surface area contributed by atoms with Gasteiger partial charge in [0.15, 0.2) is 5.82 Å². The minimum Gasteiger partial charge on any atom is -0.494 e. The lowest BCUT2D eigenvalue weighted by atomic mass is 10.2. The summed E-state index contributed by atoms with van der Waals surface area (Å²) in [7, 11) is 0. The molecule has 0 spiro atoms. The van der Waals surface area contributed by atoms with Gasteiger partial charge in [-0.25, -0.2) is 0 Å². The summed E-state index contributed by atoms with van der Waals surface area (Å²) in [5.74, 6) is 1.40. The van der Waals surface area contributed by atoms with Gasteiger partial charge < -0.3 is 4.74 Å². The van der Waals surface area contributed by atoms with E-state index in [1.54, 1.807) is 11.3 Å². The third kappa shape index (κ3) is 3.86. The number of hydrogen-bond acceptors (Lipinski definition) is 6. The second-order valence-corrected chi connectivity index (χ2v) is 8.55. The van der Waals surface area contributed by atoms with Crippen LogP contribution < -0.4 is 14.8 Å². The van der Waals surface area contributed by atoms with Gasteiger partial charge in [-0.15, -0.1) is 16.4 Å². The van der Waals surface area contributed by atoms with Crippen LogP contribution in [-0.2, 0) is 0 Å². The lowest BCUT2D eigenvalue weighted by molar-refractivity contribution is 0.306. The molecule has 1 aromatic carbocycles. The Bertz CT molecular complexity index is 1190. The van der Waals surface area contributed by atoms with Gasteiger partial charge in [0.25, 0.3) is 5.56 Å². The predicted octanol–water partition coefficient (Wildman–Crippen LogP) is 4.30. The first-order valence-electron chi connectivity index (χ1n) is 9.34. The lowest BCUT2D eigenvalue weighted by Gasteiger charge is -2.05. The maximum absolute atomic E-state index is 12.7. The Hall–Kier alpha value is -2.51. The second-order valence-electron chi connectivity index (χ2n) is 6.59. The van der Waals surface area contributed by atoms with Gasteiger partial charge in [0.2, 0.25) is 4.96 Å². The molecule has 0 atom stereocenters. The summed E-state index contributed by atoms with van der Waals surface area (Å²) in [5, 5.41) is 6.44. The molecule has 0 aliphatic heterocycles. The first-order chi connectivity index (χ1) is 13.7. The first-order valence-corrected chi connectivity index (χ1v) is 11.0. The summed E-state index contributed by atoms with van der Waals surface area (Å²) >= 11 is 2.99. The number of hydrogen-bond donors (Lipinski definition) is 0. The van der Waals surface area contributed by atoms with Gasteiger partial charge in [-0.2, -0.15) is 9.50 Å². The maximum Gasteiger partial charge on any atom is 0.291 e. The van der Waals surface area contributed by atoms with Gasteiger partial charge in [-0.3, -0.25) is 4.79 Å². The number of aryl methyl sites for hydroxylation is 1. The van der Waals surface area contributed by atoms with E-state index in [0.717, 1.165) is 29.2 Å². The molecule has 0 radical (unpaired) electrons. The highest BCUT2D eigenvalue weighted by atomic mass is 32.1. The quantitative estimate of drug-likeness (QED) is 0.425. The molecule has 0 bridgehead atoms. The van der Waals surface area contributed by atoms with E-state index in [1.165, 1.54) is 34.3 Å². The molecule has 0 aliphatic rings. The molecular formula is C21H21N3O2S2. The van der Waals surface area contributed by atoms with Gasteiger partial charge in [-0.1, -0.05) is 31.1 Å². The summed E-state index contributed by atoms with van der Waals surface area (Å²) in [6.45, 7) is 4.95. The Kier molecular flexibility index (Phi) is 5.54. The Morgan fingerprint density at radius 2 is 2.00 bits per heavy atom. The predicted molar refractivity (Wildman–Crippen MR) is 115 cm³/mol. The van der Waals surface area contributed by atoms with Gasteiger partial charge in [0, 0.05) is 10.4 Å². The SMILES string of the molecule is CCCCCOc1ccc(-c2nc3s/c(=C\c4sccc4C)c(=O)n3n2)cc1. The first kappa shape index (κ1) is 18.8. The van der Waals surface area contributed by atoms with E-state index >= 15 is 0 Å². The Morgan fingerprint density at radius 1 is 1.18 bits per heavy atom. The largest absolute Gasteiger partial charge is 0.494 e. The summed E-state index contributed by atoms with van der Waals surface area (Å²) in [6, 6.07) is 9.76. The zero-order valence-corrected chi connectivity index (χ0v) is 17.5. The average Bonchev–Trinajstić information content (AvgIpc) is 3.38. The zero-order valence-electron chi connectivity index (χ0n) is 15.8. The van der Waals surface area contributed by atoms with Crippen molar-refractivity contribution in [2.75, 3.05) is 6.61 Å². The van der Waals surface area contributed by atoms with Gasteiger partial charge in [0.1, 0.15) is 5.75 Å². The molecule has 3 heterocycles. The molecule has 28 heavy (non-hydrogen) atoms. The van der Waals surface area contributed by atoms with E-state index in [9.17, 15) is 4.79 Å². The molecule has 4 aromatic rings. The van der Waals surface area contributed by atoms with Crippen molar-refractivity contribution in [3.63, 3.8) is 0 Å². The number of ether oxygens (including phenoxy) is 1.